The van der Waals surface area contributed by atoms with Gasteiger partial charge in [-0.15, -0.1) is 0 Å². The normalized spacial score (nSPS) is 10.5. The molecule has 0 aliphatic heterocycles. The maximum atomic E-state index is 12.1. The van der Waals surface area contributed by atoms with E-state index in [4.69, 9.17) is 10.2 Å². The van der Waals surface area contributed by atoms with Gasteiger partial charge in [-0.3, -0.25) is 4.79 Å². The van der Waals surface area contributed by atoms with Gasteiger partial charge in [-0.25, -0.2) is 0 Å². The Morgan fingerprint density at radius 2 is 2.05 bits per heavy atom. The first kappa shape index (κ1) is 13.2. The Morgan fingerprint density at radius 1 is 1.32 bits per heavy atom. The lowest BCUT2D eigenvalue weighted by atomic mass is 10.1. The third kappa shape index (κ3) is 2.78. The summed E-state index contributed by atoms with van der Waals surface area (Å²) in [6, 6.07) is 7.29. The number of anilines is 2. The standard InChI is InChI=1S/C15H18N2O2/c1-4-11-5-6-12(8-14(11)16)17-15(18)13-7-9(2)19-10(13)3/h5-8H,4,16H2,1-3H3,(H,17,18). The van der Waals surface area contributed by atoms with E-state index in [0.29, 0.717) is 22.7 Å². The molecule has 4 nitrogen and oxygen atoms in total. The third-order valence-corrected chi connectivity index (χ3v) is 3.07. The number of carbonyl (C=O) groups is 1. The first-order chi connectivity index (χ1) is 9.01. The van der Waals surface area contributed by atoms with Crippen molar-refractivity contribution in [2.75, 3.05) is 11.1 Å². The molecule has 100 valence electrons. The molecule has 2 aromatic rings. The van der Waals surface area contributed by atoms with Crippen molar-refractivity contribution in [3.05, 3.63) is 46.9 Å². The van der Waals surface area contributed by atoms with Crippen LogP contribution < -0.4 is 11.1 Å². The van der Waals surface area contributed by atoms with Gasteiger partial charge in [0.1, 0.15) is 11.5 Å². The Hall–Kier alpha value is -2.23. The van der Waals surface area contributed by atoms with E-state index in [0.717, 1.165) is 17.7 Å². The molecule has 1 aromatic carbocycles. The van der Waals surface area contributed by atoms with Crippen LogP contribution in [-0.4, -0.2) is 5.91 Å². The van der Waals surface area contributed by atoms with Gasteiger partial charge in [0, 0.05) is 11.4 Å². The molecule has 4 heteroatoms. The van der Waals surface area contributed by atoms with Gasteiger partial charge in [0.05, 0.1) is 5.56 Å². The minimum atomic E-state index is -0.182. The maximum Gasteiger partial charge on any atom is 0.259 e. The number of hydrogen-bond acceptors (Lipinski definition) is 3. The minimum absolute atomic E-state index is 0.182. The predicted molar refractivity (Wildman–Crippen MR) is 76.4 cm³/mol. The fourth-order valence-corrected chi connectivity index (χ4v) is 2.05. The molecule has 3 N–H and O–H groups in total. The smallest absolute Gasteiger partial charge is 0.259 e. The Bertz CT molecular complexity index is 615. The third-order valence-electron chi connectivity index (χ3n) is 3.07. The van der Waals surface area contributed by atoms with Crippen molar-refractivity contribution >= 4 is 17.3 Å². The number of nitrogens with two attached hydrogens (primary N) is 1. The fraction of sp³-hybridized carbons (Fsp3) is 0.267. The van der Waals surface area contributed by atoms with Crippen LogP contribution in [0.1, 0.15) is 34.4 Å². The number of benzene rings is 1. The maximum absolute atomic E-state index is 12.1. The second-order valence-corrected chi connectivity index (χ2v) is 4.55. The molecular weight excluding hydrogens is 240 g/mol. The summed E-state index contributed by atoms with van der Waals surface area (Å²) in [5, 5.41) is 2.83. The molecule has 0 spiro atoms. The van der Waals surface area contributed by atoms with Gasteiger partial charge in [0.2, 0.25) is 0 Å². The average Bonchev–Trinajstić information content (AvgIpc) is 2.69. The molecule has 0 radical (unpaired) electrons. The van der Waals surface area contributed by atoms with Crippen LogP contribution in [0, 0.1) is 13.8 Å². The van der Waals surface area contributed by atoms with Crippen molar-refractivity contribution in [3.63, 3.8) is 0 Å². The van der Waals surface area contributed by atoms with Crippen molar-refractivity contribution in [1.82, 2.24) is 0 Å². The highest BCUT2D eigenvalue weighted by molar-refractivity contribution is 6.05. The van der Waals surface area contributed by atoms with Crippen LogP contribution >= 0.6 is 0 Å². The van der Waals surface area contributed by atoms with Crippen LogP contribution in [0.5, 0.6) is 0 Å². The fourth-order valence-electron chi connectivity index (χ4n) is 2.05. The Labute approximate surface area is 112 Å². The summed E-state index contributed by atoms with van der Waals surface area (Å²) < 4.78 is 5.35. The quantitative estimate of drug-likeness (QED) is 0.830. The SMILES string of the molecule is CCc1ccc(NC(=O)c2cc(C)oc2C)cc1N. The number of aryl methyl sites for hydroxylation is 3. The van der Waals surface area contributed by atoms with Gasteiger partial charge in [-0.1, -0.05) is 13.0 Å². The highest BCUT2D eigenvalue weighted by Gasteiger charge is 2.13. The topological polar surface area (TPSA) is 68.3 Å². The largest absolute Gasteiger partial charge is 0.466 e. The van der Waals surface area contributed by atoms with Crippen LogP contribution in [-0.2, 0) is 6.42 Å². The minimum Gasteiger partial charge on any atom is -0.466 e. The molecule has 0 atom stereocenters. The lowest BCUT2D eigenvalue weighted by Gasteiger charge is -2.08. The highest BCUT2D eigenvalue weighted by Crippen LogP contribution is 2.20. The van der Waals surface area contributed by atoms with Gasteiger partial charge < -0.3 is 15.5 Å². The van der Waals surface area contributed by atoms with Crippen LogP contribution in [0.15, 0.2) is 28.7 Å². The summed E-state index contributed by atoms with van der Waals surface area (Å²) in [7, 11) is 0. The molecule has 0 unspecified atom stereocenters. The van der Waals surface area contributed by atoms with E-state index in [1.165, 1.54) is 0 Å². The second kappa shape index (κ2) is 5.18. The predicted octanol–water partition coefficient (Wildman–Crippen LogP) is 3.29. The van der Waals surface area contributed by atoms with Crippen LogP contribution in [0.2, 0.25) is 0 Å². The number of nitrogens with one attached hydrogen (secondary N) is 1. The Balaban J connectivity index is 2.19. The molecule has 0 fully saturated rings. The van der Waals surface area contributed by atoms with E-state index in [1.807, 2.05) is 26.0 Å². The molecule has 0 aliphatic rings. The number of nitrogen functional groups attached to an aromatic ring is 1. The summed E-state index contributed by atoms with van der Waals surface area (Å²) >= 11 is 0. The summed E-state index contributed by atoms with van der Waals surface area (Å²) in [5.41, 5.74) is 8.93. The summed E-state index contributed by atoms with van der Waals surface area (Å²) in [6.07, 6.45) is 0.875. The highest BCUT2D eigenvalue weighted by atomic mass is 16.3. The van der Waals surface area contributed by atoms with Gasteiger partial charge in [0.25, 0.3) is 5.91 Å². The number of rotatable bonds is 3. The first-order valence-corrected chi connectivity index (χ1v) is 6.28. The van der Waals surface area contributed by atoms with Gasteiger partial charge in [0.15, 0.2) is 0 Å². The zero-order valence-corrected chi connectivity index (χ0v) is 11.4. The average molecular weight is 258 g/mol. The van der Waals surface area contributed by atoms with Crippen molar-refractivity contribution < 1.29 is 9.21 Å². The van der Waals surface area contributed by atoms with Gasteiger partial charge >= 0.3 is 0 Å². The molecule has 2 rings (SSSR count). The summed E-state index contributed by atoms with van der Waals surface area (Å²) in [5.74, 6) is 1.16. The molecule has 1 aromatic heterocycles. The van der Waals surface area contributed by atoms with Crippen LogP contribution in [0.4, 0.5) is 11.4 Å². The Morgan fingerprint density at radius 3 is 2.58 bits per heavy atom. The monoisotopic (exact) mass is 258 g/mol. The number of hydrogen-bond donors (Lipinski definition) is 2. The zero-order valence-electron chi connectivity index (χ0n) is 11.4. The van der Waals surface area contributed by atoms with Crippen molar-refractivity contribution in [1.29, 1.82) is 0 Å². The first-order valence-electron chi connectivity index (χ1n) is 6.28. The second-order valence-electron chi connectivity index (χ2n) is 4.55. The molecule has 0 aliphatic carbocycles. The summed E-state index contributed by atoms with van der Waals surface area (Å²) in [4.78, 5) is 12.1. The molecule has 19 heavy (non-hydrogen) atoms. The van der Waals surface area contributed by atoms with E-state index in [9.17, 15) is 4.79 Å². The van der Waals surface area contributed by atoms with Gasteiger partial charge in [-0.05, 0) is 44.0 Å². The number of furan rings is 1. The number of carbonyl (C=O) groups excluding carboxylic acids is 1. The van der Waals surface area contributed by atoms with Crippen molar-refractivity contribution in [2.45, 2.75) is 27.2 Å². The summed E-state index contributed by atoms with van der Waals surface area (Å²) in [6.45, 7) is 5.63. The van der Waals surface area contributed by atoms with Crippen molar-refractivity contribution in [2.24, 2.45) is 0 Å². The molecule has 0 saturated heterocycles. The molecule has 1 amide bonds. The number of amides is 1. The van der Waals surface area contributed by atoms with E-state index >= 15 is 0 Å². The van der Waals surface area contributed by atoms with E-state index in [1.54, 1.807) is 19.1 Å². The Kier molecular flexibility index (Phi) is 3.60. The van der Waals surface area contributed by atoms with Crippen LogP contribution in [0.3, 0.4) is 0 Å². The van der Waals surface area contributed by atoms with Crippen LogP contribution in [0.25, 0.3) is 0 Å². The molecule has 1 heterocycles. The van der Waals surface area contributed by atoms with Crippen molar-refractivity contribution in [3.8, 4) is 0 Å². The molecule has 0 saturated carbocycles. The lowest BCUT2D eigenvalue weighted by Crippen LogP contribution is -2.12. The van der Waals surface area contributed by atoms with E-state index in [-0.39, 0.29) is 5.91 Å². The molecule has 0 bridgehead atoms. The van der Waals surface area contributed by atoms with Gasteiger partial charge in [-0.2, -0.15) is 0 Å². The lowest BCUT2D eigenvalue weighted by molar-refractivity contribution is 0.102. The zero-order chi connectivity index (χ0) is 14.0. The van der Waals surface area contributed by atoms with E-state index in [2.05, 4.69) is 5.32 Å². The molecular formula is C15H18N2O2. The van der Waals surface area contributed by atoms with E-state index < -0.39 is 0 Å².